The molecule has 0 aromatic heterocycles. The van der Waals surface area contributed by atoms with Crippen LogP contribution in [0.1, 0.15) is 13.3 Å². The van der Waals surface area contributed by atoms with Gasteiger partial charge in [-0.15, -0.1) is 0 Å². The molecule has 0 radical (unpaired) electrons. The van der Waals surface area contributed by atoms with E-state index in [1.807, 2.05) is 13.0 Å². The second-order valence-corrected chi connectivity index (χ2v) is 2.82. The molecule has 0 heterocycles. The van der Waals surface area contributed by atoms with Crippen molar-refractivity contribution in [1.29, 1.82) is 0 Å². The SMILES string of the molecule is CC1C=C1C(O)OCCCN. The van der Waals surface area contributed by atoms with E-state index in [0.717, 1.165) is 12.0 Å². The summed E-state index contributed by atoms with van der Waals surface area (Å²) in [5, 5.41) is 9.25. The summed E-state index contributed by atoms with van der Waals surface area (Å²) in [6, 6.07) is 0. The predicted octanol–water partition coefficient (Wildman–Crippen LogP) is 0.246. The molecule has 64 valence electrons. The fraction of sp³-hybridized carbons (Fsp3) is 0.750. The molecule has 0 saturated carbocycles. The highest BCUT2D eigenvalue weighted by Gasteiger charge is 2.26. The summed E-state index contributed by atoms with van der Waals surface area (Å²) in [7, 11) is 0. The van der Waals surface area contributed by atoms with Crippen LogP contribution in [0.2, 0.25) is 0 Å². The second-order valence-electron chi connectivity index (χ2n) is 2.82. The Balaban J connectivity index is 2.03. The Labute approximate surface area is 66.8 Å². The van der Waals surface area contributed by atoms with Crippen LogP contribution in [0.5, 0.6) is 0 Å². The molecule has 11 heavy (non-hydrogen) atoms. The van der Waals surface area contributed by atoms with E-state index in [4.69, 9.17) is 10.5 Å². The number of allylic oxidation sites excluding steroid dienone is 1. The van der Waals surface area contributed by atoms with Crippen LogP contribution in [-0.2, 0) is 4.74 Å². The Kier molecular flexibility index (Phi) is 3.05. The molecular formula is C8H15NO2. The topological polar surface area (TPSA) is 55.5 Å². The maximum Gasteiger partial charge on any atom is 0.177 e. The number of hydrogen-bond donors (Lipinski definition) is 2. The molecule has 3 nitrogen and oxygen atoms in total. The van der Waals surface area contributed by atoms with Crippen molar-refractivity contribution < 1.29 is 9.84 Å². The van der Waals surface area contributed by atoms with Crippen molar-refractivity contribution in [2.75, 3.05) is 13.2 Å². The number of rotatable bonds is 5. The number of aliphatic hydroxyl groups excluding tert-OH is 1. The molecule has 0 aliphatic heterocycles. The Hall–Kier alpha value is -0.380. The number of ether oxygens (including phenoxy) is 1. The van der Waals surface area contributed by atoms with Crippen LogP contribution in [0, 0.1) is 5.92 Å². The fourth-order valence-electron chi connectivity index (χ4n) is 0.922. The lowest BCUT2D eigenvalue weighted by molar-refractivity contribution is -0.0709. The van der Waals surface area contributed by atoms with Gasteiger partial charge in [0, 0.05) is 5.92 Å². The number of hydrogen-bond acceptors (Lipinski definition) is 3. The van der Waals surface area contributed by atoms with Gasteiger partial charge in [0.1, 0.15) is 0 Å². The van der Waals surface area contributed by atoms with Gasteiger partial charge in [0.05, 0.1) is 6.61 Å². The highest BCUT2D eigenvalue weighted by Crippen LogP contribution is 2.31. The molecule has 1 aliphatic rings. The van der Waals surface area contributed by atoms with Gasteiger partial charge in [-0.2, -0.15) is 0 Å². The average molecular weight is 157 g/mol. The zero-order valence-corrected chi connectivity index (χ0v) is 6.79. The third-order valence-electron chi connectivity index (χ3n) is 1.77. The monoisotopic (exact) mass is 157 g/mol. The molecule has 0 aromatic rings. The van der Waals surface area contributed by atoms with E-state index in [1.54, 1.807) is 0 Å². The van der Waals surface area contributed by atoms with E-state index in [-0.39, 0.29) is 0 Å². The number of nitrogens with two attached hydrogens (primary N) is 1. The largest absolute Gasteiger partial charge is 0.364 e. The van der Waals surface area contributed by atoms with Gasteiger partial charge >= 0.3 is 0 Å². The van der Waals surface area contributed by atoms with Crippen molar-refractivity contribution in [2.24, 2.45) is 11.7 Å². The van der Waals surface area contributed by atoms with Crippen LogP contribution < -0.4 is 5.73 Å². The van der Waals surface area contributed by atoms with E-state index in [0.29, 0.717) is 19.1 Å². The van der Waals surface area contributed by atoms with Gasteiger partial charge in [0.25, 0.3) is 0 Å². The van der Waals surface area contributed by atoms with Crippen molar-refractivity contribution in [3.8, 4) is 0 Å². The predicted molar refractivity (Wildman–Crippen MR) is 42.9 cm³/mol. The molecule has 0 amide bonds. The summed E-state index contributed by atoms with van der Waals surface area (Å²) in [6.07, 6.45) is 2.11. The lowest BCUT2D eigenvalue weighted by Crippen LogP contribution is -2.14. The molecule has 3 N–H and O–H groups in total. The molecule has 0 aromatic carbocycles. The van der Waals surface area contributed by atoms with Gasteiger partial charge in [-0.25, -0.2) is 0 Å². The van der Waals surface area contributed by atoms with Gasteiger partial charge in [0.2, 0.25) is 0 Å². The molecule has 2 atom stereocenters. The molecule has 1 aliphatic carbocycles. The molecular weight excluding hydrogens is 142 g/mol. The third kappa shape index (κ3) is 2.61. The van der Waals surface area contributed by atoms with Crippen LogP contribution in [-0.4, -0.2) is 24.5 Å². The maximum atomic E-state index is 9.25. The molecule has 0 spiro atoms. The first-order chi connectivity index (χ1) is 5.25. The Bertz CT molecular complexity index is 156. The van der Waals surface area contributed by atoms with Crippen LogP contribution in [0.4, 0.5) is 0 Å². The zero-order valence-electron chi connectivity index (χ0n) is 6.79. The van der Waals surface area contributed by atoms with Crippen LogP contribution in [0.25, 0.3) is 0 Å². The molecule has 3 heteroatoms. The lowest BCUT2D eigenvalue weighted by atomic mass is 10.3. The third-order valence-corrected chi connectivity index (χ3v) is 1.77. The van der Waals surface area contributed by atoms with Gasteiger partial charge in [-0.1, -0.05) is 13.0 Å². The summed E-state index contributed by atoms with van der Waals surface area (Å²) >= 11 is 0. The summed E-state index contributed by atoms with van der Waals surface area (Å²) in [5.41, 5.74) is 6.26. The Morgan fingerprint density at radius 3 is 2.91 bits per heavy atom. The van der Waals surface area contributed by atoms with Crippen LogP contribution in [0.3, 0.4) is 0 Å². The van der Waals surface area contributed by atoms with E-state index in [1.165, 1.54) is 0 Å². The van der Waals surface area contributed by atoms with E-state index in [2.05, 4.69) is 0 Å². The van der Waals surface area contributed by atoms with Gasteiger partial charge in [-0.05, 0) is 18.5 Å². The molecule has 2 unspecified atom stereocenters. The highest BCUT2D eigenvalue weighted by atomic mass is 16.6. The second kappa shape index (κ2) is 3.85. The summed E-state index contributed by atoms with van der Waals surface area (Å²) in [5.74, 6) is 0.433. The van der Waals surface area contributed by atoms with E-state index >= 15 is 0 Å². The molecule has 0 fully saturated rings. The first-order valence-electron chi connectivity index (χ1n) is 3.97. The quantitative estimate of drug-likeness (QED) is 0.341. The number of aliphatic hydroxyl groups is 1. The Morgan fingerprint density at radius 2 is 2.45 bits per heavy atom. The van der Waals surface area contributed by atoms with Gasteiger partial charge < -0.3 is 15.6 Å². The summed E-state index contributed by atoms with van der Waals surface area (Å²) in [6.45, 7) is 3.19. The Morgan fingerprint density at radius 1 is 1.82 bits per heavy atom. The van der Waals surface area contributed by atoms with Crippen molar-refractivity contribution in [2.45, 2.75) is 19.6 Å². The van der Waals surface area contributed by atoms with E-state index in [9.17, 15) is 5.11 Å². The minimum Gasteiger partial charge on any atom is -0.364 e. The maximum absolute atomic E-state index is 9.25. The van der Waals surface area contributed by atoms with Crippen molar-refractivity contribution in [3.05, 3.63) is 11.6 Å². The normalized spacial score (nSPS) is 24.6. The first kappa shape index (κ1) is 8.71. The van der Waals surface area contributed by atoms with Crippen molar-refractivity contribution in [3.63, 3.8) is 0 Å². The van der Waals surface area contributed by atoms with E-state index < -0.39 is 6.29 Å². The fourth-order valence-corrected chi connectivity index (χ4v) is 0.922. The van der Waals surface area contributed by atoms with Crippen molar-refractivity contribution >= 4 is 0 Å². The van der Waals surface area contributed by atoms with Gasteiger partial charge in [0.15, 0.2) is 6.29 Å². The smallest absolute Gasteiger partial charge is 0.177 e. The molecule has 0 bridgehead atoms. The lowest BCUT2D eigenvalue weighted by Gasteiger charge is -2.08. The minimum absolute atomic E-state index is 0.433. The molecule has 1 rings (SSSR count). The van der Waals surface area contributed by atoms with Crippen LogP contribution >= 0.6 is 0 Å². The summed E-state index contributed by atoms with van der Waals surface area (Å²) < 4.78 is 5.08. The summed E-state index contributed by atoms with van der Waals surface area (Å²) in [4.78, 5) is 0. The van der Waals surface area contributed by atoms with Crippen LogP contribution in [0.15, 0.2) is 11.6 Å². The van der Waals surface area contributed by atoms with Gasteiger partial charge in [-0.3, -0.25) is 0 Å². The van der Waals surface area contributed by atoms with Crippen molar-refractivity contribution in [1.82, 2.24) is 0 Å². The standard InChI is InChI=1S/C8H15NO2/c1-6-5-7(6)8(10)11-4-2-3-9/h5-6,8,10H,2-4,9H2,1H3. The average Bonchev–Trinajstić information content (AvgIpc) is 2.67. The zero-order chi connectivity index (χ0) is 8.27. The first-order valence-corrected chi connectivity index (χ1v) is 3.97. The minimum atomic E-state index is -0.684. The highest BCUT2D eigenvalue weighted by molar-refractivity contribution is 5.29. The molecule has 0 saturated heterocycles.